The van der Waals surface area contributed by atoms with Crippen molar-refractivity contribution < 1.29 is 25.2 Å². The van der Waals surface area contributed by atoms with Gasteiger partial charge in [0, 0.05) is 0 Å². The molecule has 0 aliphatic heterocycles. The second-order valence-corrected chi connectivity index (χ2v) is 3.39. The summed E-state index contributed by atoms with van der Waals surface area (Å²) in [4.78, 5) is 10.7. The molecular formula is C9H12N2O5. The fraction of sp³-hybridized carbons (Fsp3) is 0.222. The van der Waals surface area contributed by atoms with Crippen LogP contribution < -0.4 is 11.5 Å². The number of phenols is 2. The van der Waals surface area contributed by atoms with Gasteiger partial charge in [0.05, 0.1) is 0 Å². The molecule has 1 unspecified atom stereocenters. The molecule has 7 heteroatoms. The number of phenolic OH excluding ortho intramolecular Hbond substituents is 2. The van der Waals surface area contributed by atoms with Crippen molar-refractivity contribution in [1.29, 1.82) is 0 Å². The summed E-state index contributed by atoms with van der Waals surface area (Å²) in [7, 11) is 0. The van der Waals surface area contributed by atoms with Crippen molar-refractivity contribution >= 4 is 5.97 Å². The van der Waals surface area contributed by atoms with E-state index in [9.17, 15) is 9.90 Å². The van der Waals surface area contributed by atoms with E-state index in [4.69, 9.17) is 26.8 Å². The van der Waals surface area contributed by atoms with E-state index in [-0.39, 0.29) is 5.56 Å². The number of rotatable bonds is 3. The molecule has 0 spiro atoms. The third kappa shape index (κ3) is 2.06. The number of carboxylic acid groups (broad SMARTS) is 1. The molecule has 0 saturated heterocycles. The predicted molar refractivity (Wildman–Crippen MR) is 53.5 cm³/mol. The zero-order valence-corrected chi connectivity index (χ0v) is 8.16. The van der Waals surface area contributed by atoms with Crippen LogP contribution in [0.15, 0.2) is 18.2 Å². The summed E-state index contributed by atoms with van der Waals surface area (Å²) in [5, 5.41) is 36.5. The van der Waals surface area contributed by atoms with Crippen molar-refractivity contribution in [3.05, 3.63) is 23.8 Å². The largest absolute Gasteiger partial charge is 0.504 e. The van der Waals surface area contributed by atoms with Crippen molar-refractivity contribution in [3.8, 4) is 11.5 Å². The Hall–Kier alpha value is -1.83. The number of nitrogens with two attached hydrogens (primary N) is 2. The third-order valence-electron chi connectivity index (χ3n) is 2.14. The number of aromatic hydroxyl groups is 2. The van der Waals surface area contributed by atoms with Gasteiger partial charge in [0.1, 0.15) is 6.10 Å². The van der Waals surface area contributed by atoms with E-state index < -0.39 is 29.2 Å². The SMILES string of the molecule is NC(N)(C(=O)O)C(O)c1ccc(O)c(O)c1. The fourth-order valence-electron chi connectivity index (χ4n) is 1.10. The number of carboxylic acids is 1. The van der Waals surface area contributed by atoms with Gasteiger partial charge in [-0.15, -0.1) is 0 Å². The molecule has 16 heavy (non-hydrogen) atoms. The molecule has 0 fully saturated rings. The number of benzene rings is 1. The molecule has 0 aromatic heterocycles. The van der Waals surface area contributed by atoms with Crippen LogP contribution >= 0.6 is 0 Å². The fourth-order valence-corrected chi connectivity index (χ4v) is 1.10. The minimum Gasteiger partial charge on any atom is -0.504 e. The molecule has 0 saturated carbocycles. The number of aliphatic hydroxyl groups excluding tert-OH is 1. The molecule has 0 aliphatic rings. The Morgan fingerprint density at radius 1 is 1.25 bits per heavy atom. The third-order valence-corrected chi connectivity index (χ3v) is 2.14. The quantitative estimate of drug-likeness (QED) is 0.282. The van der Waals surface area contributed by atoms with Gasteiger partial charge in [0.15, 0.2) is 17.2 Å². The average molecular weight is 228 g/mol. The van der Waals surface area contributed by atoms with E-state index in [1.807, 2.05) is 0 Å². The van der Waals surface area contributed by atoms with E-state index in [0.717, 1.165) is 12.1 Å². The van der Waals surface area contributed by atoms with Gasteiger partial charge in [-0.05, 0) is 17.7 Å². The van der Waals surface area contributed by atoms with Gasteiger partial charge in [-0.2, -0.15) is 0 Å². The van der Waals surface area contributed by atoms with Gasteiger partial charge >= 0.3 is 5.97 Å². The monoisotopic (exact) mass is 228 g/mol. The second kappa shape index (κ2) is 3.97. The molecule has 0 amide bonds. The van der Waals surface area contributed by atoms with Gasteiger partial charge in [-0.25, -0.2) is 4.79 Å². The summed E-state index contributed by atoms with van der Waals surface area (Å²) in [6.45, 7) is 0. The minimum atomic E-state index is -2.37. The number of aliphatic hydroxyl groups is 1. The molecule has 1 aromatic rings. The van der Waals surface area contributed by atoms with E-state index >= 15 is 0 Å². The summed E-state index contributed by atoms with van der Waals surface area (Å²) in [6, 6.07) is 3.28. The Kier molecular flexibility index (Phi) is 3.04. The standard InChI is InChI=1S/C9H12N2O5/c10-9(11,8(15)16)7(14)4-1-2-5(12)6(13)3-4/h1-3,7,12-14H,10-11H2,(H,15,16). The maximum atomic E-state index is 10.7. The van der Waals surface area contributed by atoms with Crippen molar-refractivity contribution in [2.45, 2.75) is 11.8 Å². The summed E-state index contributed by atoms with van der Waals surface area (Å²) < 4.78 is 0. The zero-order valence-electron chi connectivity index (χ0n) is 8.16. The highest BCUT2D eigenvalue weighted by atomic mass is 16.4. The summed E-state index contributed by atoms with van der Waals surface area (Å²) in [5.41, 5.74) is 8.03. The molecule has 1 rings (SSSR count). The van der Waals surface area contributed by atoms with Gasteiger partial charge in [-0.3, -0.25) is 0 Å². The van der Waals surface area contributed by atoms with E-state index in [1.165, 1.54) is 6.07 Å². The first-order valence-corrected chi connectivity index (χ1v) is 4.28. The number of hydrogen-bond acceptors (Lipinski definition) is 6. The first-order chi connectivity index (χ1) is 7.26. The molecule has 7 nitrogen and oxygen atoms in total. The van der Waals surface area contributed by atoms with Crippen LogP contribution in [-0.4, -0.2) is 32.1 Å². The molecule has 1 aromatic carbocycles. The lowest BCUT2D eigenvalue weighted by molar-refractivity contribution is -0.148. The van der Waals surface area contributed by atoms with Crippen LogP contribution in [0.3, 0.4) is 0 Å². The Bertz CT molecular complexity index is 418. The molecule has 8 N–H and O–H groups in total. The lowest BCUT2D eigenvalue weighted by Crippen LogP contribution is -2.60. The topological polar surface area (TPSA) is 150 Å². The summed E-state index contributed by atoms with van der Waals surface area (Å²) >= 11 is 0. The van der Waals surface area contributed by atoms with Crippen LogP contribution in [0.4, 0.5) is 0 Å². The van der Waals surface area contributed by atoms with Gasteiger partial charge in [-0.1, -0.05) is 6.07 Å². The Labute approximate surface area is 90.5 Å². The van der Waals surface area contributed by atoms with Crippen molar-refractivity contribution in [2.75, 3.05) is 0 Å². The Balaban J connectivity index is 3.10. The van der Waals surface area contributed by atoms with Crippen LogP contribution in [0.2, 0.25) is 0 Å². The van der Waals surface area contributed by atoms with Crippen LogP contribution in [-0.2, 0) is 4.79 Å². The molecule has 1 atom stereocenters. The van der Waals surface area contributed by atoms with Crippen molar-refractivity contribution in [3.63, 3.8) is 0 Å². The number of carbonyl (C=O) groups is 1. The molecule has 0 aliphatic carbocycles. The average Bonchev–Trinajstić information content (AvgIpc) is 2.20. The van der Waals surface area contributed by atoms with Crippen LogP contribution in [0, 0.1) is 0 Å². The maximum Gasteiger partial charge on any atom is 0.341 e. The molecule has 0 radical (unpaired) electrons. The Morgan fingerprint density at radius 3 is 2.25 bits per heavy atom. The molecule has 0 bridgehead atoms. The van der Waals surface area contributed by atoms with Gasteiger partial charge < -0.3 is 31.9 Å². The van der Waals surface area contributed by atoms with E-state index in [0.29, 0.717) is 0 Å². The zero-order chi connectivity index (χ0) is 12.5. The smallest absolute Gasteiger partial charge is 0.341 e. The van der Waals surface area contributed by atoms with E-state index in [1.54, 1.807) is 0 Å². The summed E-state index contributed by atoms with van der Waals surface area (Å²) in [5.74, 6) is -2.49. The predicted octanol–water partition coefficient (Wildman–Crippen LogP) is -1.17. The van der Waals surface area contributed by atoms with E-state index in [2.05, 4.69) is 0 Å². The highest BCUT2D eigenvalue weighted by Gasteiger charge is 2.38. The Morgan fingerprint density at radius 2 is 1.81 bits per heavy atom. The first kappa shape index (κ1) is 12.2. The highest BCUT2D eigenvalue weighted by Crippen LogP contribution is 2.30. The highest BCUT2D eigenvalue weighted by molar-refractivity contribution is 5.78. The normalized spacial score (nSPS) is 13.4. The van der Waals surface area contributed by atoms with Gasteiger partial charge in [0.25, 0.3) is 0 Å². The lowest BCUT2D eigenvalue weighted by Gasteiger charge is -2.25. The van der Waals surface area contributed by atoms with Crippen molar-refractivity contribution in [1.82, 2.24) is 0 Å². The molecule has 0 heterocycles. The molecular weight excluding hydrogens is 216 g/mol. The maximum absolute atomic E-state index is 10.7. The van der Waals surface area contributed by atoms with Gasteiger partial charge in [0.2, 0.25) is 0 Å². The second-order valence-electron chi connectivity index (χ2n) is 3.39. The van der Waals surface area contributed by atoms with Crippen LogP contribution in [0.25, 0.3) is 0 Å². The molecule has 88 valence electrons. The van der Waals surface area contributed by atoms with Crippen LogP contribution in [0.5, 0.6) is 11.5 Å². The number of hydrogen-bond donors (Lipinski definition) is 6. The first-order valence-electron chi connectivity index (χ1n) is 4.28. The summed E-state index contributed by atoms with van der Waals surface area (Å²) in [6.07, 6.45) is -1.71. The number of aliphatic carboxylic acids is 1. The van der Waals surface area contributed by atoms with Crippen LogP contribution in [0.1, 0.15) is 11.7 Å². The minimum absolute atomic E-state index is 0.0114. The van der Waals surface area contributed by atoms with Crippen molar-refractivity contribution in [2.24, 2.45) is 11.5 Å². The lowest BCUT2D eigenvalue weighted by atomic mass is 9.97.